The van der Waals surface area contributed by atoms with E-state index < -0.39 is 24.1 Å². The number of pyridine rings is 1. The lowest BCUT2D eigenvalue weighted by molar-refractivity contribution is -0.130. The van der Waals surface area contributed by atoms with E-state index in [-0.39, 0.29) is 38.1 Å². The Kier molecular flexibility index (Phi) is 8.56. The Morgan fingerprint density at radius 2 is 1.95 bits per heavy atom. The Morgan fingerprint density at radius 3 is 2.63 bits per heavy atom. The number of nitrogens with one attached hydrogen (secondary N) is 2. The van der Waals surface area contributed by atoms with Crippen LogP contribution in [0, 0.1) is 5.82 Å². The third-order valence-corrected chi connectivity index (χ3v) is 6.16. The Morgan fingerprint density at radius 1 is 1.16 bits per heavy atom. The maximum atomic E-state index is 15.1. The van der Waals surface area contributed by atoms with Crippen molar-refractivity contribution in [2.24, 2.45) is 0 Å². The first-order valence-corrected chi connectivity index (χ1v) is 12.2. The Hall–Kier alpha value is -4.42. The van der Waals surface area contributed by atoms with Crippen LogP contribution in [-0.2, 0) is 14.3 Å². The monoisotopic (exact) mass is 528 g/mol. The second-order valence-corrected chi connectivity index (χ2v) is 8.65. The number of amides is 4. The average Bonchev–Trinajstić information content (AvgIpc) is 3.31. The van der Waals surface area contributed by atoms with Gasteiger partial charge in [-0.1, -0.05) is 0 Å². The number of rotatable bonds is 8. The Balaban J connectivity index is 1.27. The van der Waals surface area contributed by atoms with Crippen molar-refractivity contribution < 1.29 is 33.0 Å². The van der Waals surface area contributed by atoms with Gasteiger partial charge in [-0.3, -0.25) is 19.5 Å². The van der Waals surface area contributed by atoms with E-state index in [1.54, 1.807) is 42.3 Å². The van der Waals surface area contributed by atoms with Gasteiger partial charge in [0.2, 0.25) is 5.91 Å². The average molecular weight is 529 g/mol. The van der Waals surface area contributed by atoms with Crippen molar-refractivity contribution >= 4 is 35.4 Å². The van der Waals surface area contributed by atoms with Gasteiger partial charge in [-0.2, -0.15) is 0 Å². The normalized spacial score (nSPS) is 17.2. The van der Waals surface area contributed by atoms with Crippen molar-refractivity contribution in [1.82, 2.24) is 20.5 Å². The number of piperazine rings is 1. The number of carbonyl (C=O) groups is 4. The van der Waals surface area contributed by atoms with Gasteiger partial charge in [0.1, 0.15) is 11.9 Å². The summed E-state index contributed by atoms with van der Waals surface area (Å²) in [5, 5.41) is 5.11. The summed E-state index contributed by atoms with van der Waals surface area (Å²) in [7, 11) is 0. The van der Waals surface area contributed by atoms with Gasteiger partial charge in [0.25, 0.3) is 5.91 Å². The molecule has 2 aromatic rings. The van der Waals surface area contributed by atoms with E-state index in [9.17, 15) is 19.2 Å². The third-order valence-electron chi connectivity index (χ3n) is 6.16. The molecule has 12 nitrogen and oxygen atoms in total. The highest BCUT2D eigenvalue weighted by Crippen LogP contribution is 2.28. The number of anilines is 2. The number of benzene rings is 1. The smallest absolute Gasteiger partial charge is 0.414 e. The van der Waals surface area contributed by atoms with E-state index in [1.165, 1.54) is 17.2 Å². The van der Waals surface area contributed by atoms with E-state index in [1.807, 2.05) is 4.90 Å². The lowest BCUT2D eigenvalue weighted by atomic mass is 10.2. The second-order valence-electron chi connectivity index (χ2n) is 8.65. The molecule has 4 rings (SSSR count). The van der Waals surface area contributed by atoms with Crippen LogP contribution in [0.25, 0.3) is 0 Å². The van der Waals surface area contributed by atoms with Crippen LogP contribution < -0.4 is 20.4 Å². The number of alkyl carbamates (subject to hydrolysis) is 1. The number of nitrogens with zero attached hydrogens (tertiary/aromatic N) is 4. The van der Waals surface area contributed by atoms with Crippen LogP contribution in [0.5, 0.6) is 0 Å². The van der Waals surface area contributed by atoms with Crippen molar-refractivity contribution in [2.75, 3.05) is 62.2 Å². The van der Waals surface area contributed by atoms with Gasteiger partial charge in [0.05, 0.1) is 43.2 Å². The SMILES string of the molecule is CCOC(=O)NC[C@H]1CN(c2ccc(N3CCN(C(=O)CNC(=O)c4cccnc4)CC3)c(F)c2)C(=O)O1. The molecule has 13 heteroatoms. The standard InChI is InChI=1S/C25H29FN6O6/c1-2-37-24(35)29-14-19-16-32(25(36)38-19)18-5-6-21(20(26)12-18)30-8-10-31(11-9-30)22(33)15-28-23(34)17-4-3-7-27-13-17/h3-7,12-13,19H,2,8-11,14-16H2,1H3,(H,28,34)(H,29,35)/t19-/m0/s1. The first kappa shape index (κ1) is 26.6. The molecule has 2 saturated heterocycles. The molecule has 3 heterocycles. The van der Waals surface area contributed by atoms with Gasteiger partial charge in [-0.15, -0.1) is 0 Å². The summed E-state index contributed by atoms with van der Waals surface area (Å²) in [6, 6.07) is 7.74. The zero-order valence-corrected chi connectivity index (χ0v) is 20.9. The summed E-state index contributed by atoms with van der Waals surface area (Å²) in [4.78, 5) is 57.0. The largest absolute Gasteiger partial charge is 0.450 e. The van der Waals surface area contributed by atoms with Crippen LogP contribution in [0.1, 0.15) is 17.3 Å². The molecule has 1 atom stereocenters. The summed E-state index contributed by atoms with van der Waals surface area (Å²) >= 11 is 0. The molecular weight excluding hydrogens is 499 g/mol. The number of hydrogen-bond donors (Lipinski definition) is 2. The lowest BCUT2D eigenvalue weighted by Gasteiger charge is -2.36. The van der Waals surface area contributed by atoms with Crippen molar-refractivity contribution in [3.8, 4) is 0 Å². The molecule has 202 valence electrons. The predicted octanol–water partition coefficient (Wildman–Crippen LogP) is 1.37. The number of aromatic nitrogens is 1. The summed E-state index contributed by atoms with van der Waals surface area (Å²) in [5.74, 6) is -1.11. The summed E-state index contributed by atoms with van der Waals surface area (Å²) in [5.41, 5.74) is 1.07. The summed E-state index contributed by atoms with van der Waals surface area (Å²) < 4.78 is 25.1. The molecule has 2 aliphatic heterocycles. The lowest BCUT2D eigenvalue weighted by Crippen LogP contribution is -2.51. The van der Waals surface area contributed by atoms with Gasteiger partial charge in [0, 0.05) is 38.6 Å². The Bertz CT molecular complexity index is 1170. The fourth-order valence-corrected chi connectivity index (χ4v) is 4.20. The predicted molar refractivity (Wildman–Crippen MR) is 134 cm³/mol. The molecule has 0 radical (unpaired) electrons. The van der Waals surface area contributed by atoms with E-state index in [4.69, 9.17) is 9.47 Å². The molecule has 0 saturated carbocycles. The van der Waals surface area contributed by atoms with Crippen molar-refractivity contribution in [3.63, 3.8) is 0 Å². The number of carbonyl (C=O) groups excluding carboxylic acids is 4. The van der Waals surface area contributed by atoms with Gasteiger partial charge < -0.3 is 29.9 Å². The quantitative estimate of drug-likeness (QED) is 0.525. The van der Waals surface area contributed by atoms with Crippen molar-refractivity contribution in [2.45, 2.75) is 13.0 Å². The fraction of sp³-hybridized carbons (Fsp3) is 0.400. The van der Waals surface area contributed by atoms with Crippen LogP contribution in [0.15, 0.2) is 42.7 Å². The molecule has 1 aromatic heterocycles. The first-order chi connectivity index (χ1) is 18.4. The molecule has 4 amide bonds. The minimum Gasteiger partial charge on any atom is -0.450 e. The Labute approximate surface area is 218 Å². The van der Waals surface area contributed by atoms with Crippen molar-refractivity contribution in [3.05, 3.63) is 54.1 Å². The molecule has 0 unspecified atom stereocenters. The minimum atomic E-state index is -0.629. The van der Waals surface area contributed by atoms with Gasteiger partial charge in [0.15, 0.2) is 0 Å². The molecule has 2 aliphatic rings. The molecule has 1 aromatic carbocycles. The summed E-state index contributed by atoms with van der Waals surface area (Å²) in [6.45, 7) is 3.57. The van der Waals surface area contributed by atoms with E-state index >= 15 is 4.39 Å². The highest BCUT2D eigenvalue weighted by atomic mass is 19.1. The van der Waals surface area contributed by atoms with Crippen LogP contribution in [-0.4, -0.2) is 92.4 Å². The van der Waals surface area contributed by atoms with Crippen LogP contribution in [0.3, 0.4) is 0 Å². The third kappa shape index (κ3) is 6.47. The van der Waals surface area contributed by atoms with E-state index in [2.05, 4.69) is 15.6 Å². The second kappa shape index (κ2) is 12.2. The maximum Gasteiger partial charge on any atom is 0.414 e. The number of cyclic esters (lactones) is 1. The van der Waals surface area contributed by atoms with E-state index in [0.29, 0.717) is 43.1 Å². The highest BCUT2D eigenvalue weighted by molar-refractivity contribution is 5.96. The van der Waals surface area contributed by atoms with Crippen LogP contribution >= 0.6 is 0 Å². The fourth-order valence-electron chi connectivity index (χ4n) is 4.20. The molecule has 2 fully saturated rings. The number of halogens is 1. The highest BCUT2D eigenvalue weighted by Gasteiger charge is 2.33. The molecule has 2 N–H and O–H groups in total. The number of hydrogen-bond acceptors (Lipinski definition) is 8. The van der Waals surface area contributed by atoms with Crippen molar-refractivity contribution in [1.29, 1.82) is 0 Å². The zero-order valence-electron chi connectivity index (χ0n) is 20.9. The molecule has 38 heavy (non-hydrogen) atoms. The van der Waals surface area contributed by atoms with E-state index in [0.717, 1.165) is 0 Å². The molecule has 0 aliphatic carbocycles. The first-order valence-electron chi connectivity index (χ1n) is 12.2. The maximum absolute atomic E-state index is 15.1. The molecular formula is C25H29FN6O6. The van der Waals surface area contributed by atoms with Gasteiger partial charge >= 0.3 is 12.2 Å². The minimum absolute atomic E-state index is 0.0811. The number of ether oxygens (including phenoxy) is 2. The molecule has 0 spiro atoms. The van der Waals surface area contributed by atoms with Gasteiger partial charge in [-0.05, 0) is 37.3 Å². The topological polar surface area (TPSA) is 133 Å². The van der Waals surface area contributed by atoms with Crippen LogP contribution in [0.2, 0.25) is 0 Å². The summed E-state index contributed by atoms with van der Waals surface area (Å²) in [6.07, 6.45) is 1.16. The van der Waals surface area contributed by atoms with Crippen LogP contribution in [0.4, 0.5) is 25.4 Å². The molecule has 0 bridgehead atoms. The zero-order chi connectivity index (χ0) is 27.1. The van der Waals surface area contributed by atoms with Gasteiger partial charge in [-0.25, -0.2) is 14.0 Å².